The molecule has 0 bridgehead atoms. The number of nitrogens with one attached hydrogen (secondary N) is 3. The molecule has 1 saturated carbocycles. The second-order valence-electron chi connectivity index (χ2n) is 10.1. The summed E-state index contributed by atoms with van der Waals surface area (Å²) in [5.41, 5.74) is -1.18. The lowest BCUT2D eigenvalue weighted by Crippen LogP contribution is -2.53. The van der Waals surface area contributed by atoms with Crippen molar-refractivity contribution < 1.29 is 36.0 Å². The van der Waals surface area contributed by atoms with Gasteiger partial charge in [0.2, 0.25) is 5.91 Å². The van der Waals surface area contributed by atoms with Gasteiger partial charge in [0.05, 0.1) is 16.2 Å². The van der Waals surface area contributed by atoms with E-state index in [-0.39, 0.29) is 41.3 Å². The molecule has 216 valence electrons. The number of rotatable bonds is 7. The lowest BCUT2D eigenvalue weighted by molar-refractivity contribution is -0.137. The smallest absolute Gasteiger partial charge is 0.341 e. The Kier molecular flexibility index (Phi) is 8.71. The summed E-state index contributed by atoms with van der Waals surface area (Å²) in [6, 6.07) is 9.87. The molecule has 4 rings (SSSR count). The highest BCUT2D eigenvalue weighted by atomic mass is 32.2. The van der Waals surface area contributed by atoms with Crippen LogP contribution in [-0.2, 0) is 20.8 Å². The standard InChI is InChI=1S/C27H31F3N4O5S/c1-31-26(37)32-20-10-11-23(18(15-20)16-40(38,39)21-8-3-2-4-9-21)34-13-12-22(25(34)36)33-24(35)17-6-5-7-19(14-17)27(28,29)30/h2-9,14,18,20,22-23H,10-13,15-16H2,1H3,(H,33,35)(H2,31,32,37)/t18-,20+,22-,23-/m0/s1. The molecule has 2 aromatic rings. The Balaban J connectivity index is 1.50. The Morgan fingerprint density at radius 3 is 2.40 bits per heavy atom. The molecule has 0 aromatic heterocycles. The first kappa shape index (κ1) is 29.4. The number of halogens is 3. The maximum atomic E-state index is 13.4. The monoisotopic (exact) mass is 580 g/mol. The topological polar surface area (TPSA) is 125 Å². The van der Waals surface area contributed by atoms with Gasteiger partial charge in [0.25, 0.3) is 5.91 Å². The van der Waals surface area contributed by atoms with Crippen molar-refractivity contribution in [1.29, 1.82) is 0 Å². The maximum absolute atomic E-state index is 13.4. The molecule has 3 N–H and O–H groups in total. The van der Waals surface area contributed by atoms with Crippen molar-refractivity contribution in [3.05, 3.63) is 65.7 Å². The number of nitrogens with zero attached hydrogens (tertiary/aromatic N) is 1. The molecule has 1 aliphatic heterocycles. The van der Waals surface area contributed by atoms with E-state index in [0.717, 1.165) is 18.2 Å². The fraction of sp³-hybridized carbons (Fsp3) is 0.444. The third kappa shape index (κ3) is 6.75. The lowest BCUT2D eigenvalue weighted by atomic mass is 9.81. The molecule has 13 heteroatoms. The van der Waals surface area contributed by atoms with Gasteiger partial charge in [-0.25, -0.2) is 13.2 Å². The van der Waals surface area contributed by atoms with Crippen LogP contribution in [0.2, 0.25) is 0 Å². The number of urea groups is 1. The Morgan fingerprint density at radius 2 is 1.73 bits per heavy atom. The van der Waals surface area contributed by atoms with Gasteiger partial charge < -0.3 is 20.9 Å². The van der Waals surface area contributed by atoms with E-state index in [1.54, 1.807) is 23.1 Å². The first-order chi connectivity index (χ1) is 18.9. The second kappa shape index (κ2) is 11.9. The molecule has 0 radical (unpaired) electrons. The first-order valence-corrected chi connectivity index (χ1v) is 14.6. The molecule has 4 atom stereocenters. The number of likely N-dealkylation sites (tertiary alicyclic amines) is 1. The normalized spacial score (nSPS) is 23.5. The summed E-state index contributed by atoms with van der Waals surface area (Å²) in [7, 11) is -2.23. The van der Waals surface area contributed by atoms with Crippen LogP contribution in [0.5, 0.6) is 0 Å². The maximum Gasteiger partial charge on any atom is 0.416 e. The highest BCUT2D eigenvalue weighted by Crippen LogP contribution is 2.34. The Morgan fingerprint density at radius 1 is 1.00 bits per heavy atom. The van der Waals surface area contributed by atoms with E-state index in [1.165, 1.54) is 25.2 Å². The molecular weight excluding hydrogens is 549 g/mol. The van der Waals surface area contributed by atoms with E-state index in [9.17, 15) is 36.0 Å². The van der Waals surface area contributed by atoms with Crippen LogP contribution in [0, 0.1) is 5.92 Å². The van der Waals surface area contributed by atoms with Gasteiger partial charge in [-0.15, -0.1) is 0 Å². The third-order valence-corrected chi connectivity index (χ3v) is 9.30. The van der Waals surface area contributed by atoms with Gasteiger partial charge >= 0.3 is 12.2 Å². The summed E-state index contributed by atoms with van der Waals surface area (Å²) in [6.07, 6.45) is -3.10. The van der Waals surface area contributed by atoms with Crippen molar-refractivity contribution in [3.8, 4) is 0 Å². The van der Waals surface area contributed by atoms with Crippen molar-refractivity contribution in [3.63, 3.8) is 0 Å². The van der Waals surface area contributed by atoms with E-state index in [0.29, 0.717) is 19.3 Å². The molecule has 9 nitrogen and oxygen atoms in total. The lowest BCUT2D eigenvalue weighted by Gasteiger charge is -2.41. The number of alkyl halides is 3. The van der Waals surface area contributed by atoms with Crippen LogP contribution < -0.4 is 16.0 Å². The average molecular weight is 581 g/mol. The molecule has 1 heterocycles. The number of hydrogen-bond donors (Lipinski definition) is 3. The predicted molar refractivity (Wildman–Crippen MR) is 140 cm³/mol. The van der Waals surface area contributed by atoms with E-state index in [4.69, 9.17) is 0 Å². The minimum atomic E-state index is -4.61. The molecule has 0 unspecified atom stereocenters. The predicted octanol–water partition coefficient (Wildman–Crippen LogP) is 2.98. The number of amides is 4. The van der Waals surface area contributed by atoms with Crippen molar-refractivity contribution in [2.24, 2.45) is 5.92 Å². The second-order valence-corrected chi connectivity index (χ2v) is 12.1. The van der Waals surface area contributed by atoms with Gasteiger partial charge in [-0.2, -0.15) is 13.2 Å². The molecular formula is C27H31F3N4O5S. The Hall–Kier alpha value is -3.61. The summed E-state index contributed by atoms with van der Waals surface area (Å²) in [5, 5.41) is 7.86. The third-order valence-electron chi connectivity index (χ3n) is 7.44. The number of hydrogen-bond acceptors (Lipinski definition) is 5. The summed E-state index contributed by atoms with van der Waals surface area (Å²) in [5.74, 6) is -1.94. The number of sulfone groups is 1. The SMILES string of the molecule is CNC(=O)N[C@@H]1CC[C@H](N2CC[C@H](NC(=O)c3cccc(C(F)(F)F)c3)C2=O)[C@H](CS(=O)(=O)c2ccccc2)C1. The quantitative estimate of drug-likeness (QED) is 0.465. The summed E-state index contributed by atoms with van der Waals surface area (Å²) in [4.78, 5) is 39.7. The molecule has 2 fully saturated rings. The molecule has 1 aliphatic carbocycles. The van der Waals surface area contributed by atoms with Gasteiger partial charge in [0.1, 0.15) is 6.04 Å². The largest absolute Gasteiger partial charge is 0.416 e. The molecule has 2 aromatic carbocycles. The number of benzene rings is 2. The first-order valence-electron chi connectivity index (χ1n) is 12.9. The fourth-order valence-corrected chi connectivity index (χ4v) is 7.16. The van der Waals surface area contributed by atoms with E-state index < -0.39 is 51.4 Å². The van der Waals surface area contributed by atoms with Crippen molar-refractivity contribution >= 4 is 27.7 Å². The number of carbonyl (C=O) groups excluding carboxylic acids is 3. The molecule has 4 amide bonds. The minimum Gasteiger partial charge on any atom is -0.341 e. The zero-order chi connectivity index (χ0) is 29.1. The highest BCUT2D eigenvalue weighted by molar-refractivity contribution is 7.91. The Labute approximate surface area is 230 Å². The molecule has 1 saturated heterocycles. The van der Waals surface area contributed by atoms with Crippen LogP contribution in [0.25, 0.3) is 0 Å². The zero-order valence-electron chi connectivity index (χ0n) is 21.8. The van der Waals surface area contributed by atoms with Crippen LogP contribution in [-0.4, -0.2) is 68.6 Å². The van der Waals surface area contributed by atoms with E-state index in [1.807, 2.05) is 0 Å². The van der Waals surface area contributed by atoms with E-state index in [2.05, 4.69) is 16.0 Å². The van der Waals surface area contributed by atoms with Crippen LogP contribution >= 0.6 is 0 Å². The van der Waals surface area contributed by atoms with Gasteiger partial charge in [0.15, 0.2) is 9.84 Å². The minimum absolute atomic E-state index is 0.161. The molecule has 2 aliphatic rings. The van der Waals surface area contributed by atoms with Gasteiger partial charge in [-0.3, -0.25) is 9.59 Å². The van der Waals surface area contributed by atoms with Crippen LogP contribution in [0.3, 0.4) is 0 Å². The summed E-state index contributed by atoms with van der Waals surface area (Å²) < 4.78 is 65.7. The van der Waals surface area contributed by atoms with E-state index >= 15 is 0 Å². The highest BCUT2D eigenvalue weighted by Gasteiger charge is 2.44. The zero-order valence-corrected chi connectivity index (χ0v) is 22.6. The van der Waals surface area contributed by atoms with Crippen LogP contribution in [0.15, 0.2) is 59.5 Å². The fourth-order valence-electron chi connectivity index (χ4n) is 5.48. The molecule has 0 spiro atoms. The number of carbonyl (C=O) groups is 3. The van der Waals surface area contributed by atoms with Crippen molar-refractivity contribution in [2.75, 3.05) is 19.3 Å². The summed E-state index contributed by atoms with van der Waals surface area (Å²) in [6.45, 7) is 0.256. The van der Waals surface area contributed by atoms with Gasteiger partial charge in [-0.05, 0) is 61.9 Å². The van der Waals surface area contributed by atoms with Gasteiger partial charge in [-0.1, -0.05) is 24.3 Å². The van der Waals surface area contributed by atoms with Crippen LogP contribution in [0.4, 0.5) is 18.0 Å². The van der Waals surface area contributed by atoms with Crippen molar-refractivity contribution in [1.82, 2.24) is 20.9 Å². The Bertz CT molecular complexity index is 1350. The van der Waals surface area contributed by atoms with Gasteiger partial charge in [0, 0.05) is 31.2 Å². The van der Waals surface area contributed by atoms with Crippen LogP contribution in [0.1, 0.15) is 41.6 Å². The average Bonchev–Trinajstić information content (AvgIpc) is 3.28. The summed E-state index contributed by atoms with van der Waals surface area (Å²) >= 11 is 0. The molecule has 40 heavy (non-hydrogen) atoms. The van der Waals surface area contributed by atoms with Crippen molar-refractivity contribution in [2.45, 2.75) is 54.9 Å².